The molecule has 0 bridgehead atoms. The summed E-state index contributed by atoms with van der Waals surface area (Å²) in [5.74, 6) is 5.00. The Kier molecular flexibility index (Phi) is 4.71. The second-order valence-corrected chi connectivity index (χ2v) is 4.85. The Morgan fingerprint density at radius 2 is 2.11 bits per heavy atom. The van der Waals surface area contributed by atoms with Gasteiger partial charge in [0.15, 0.2) is 0 Å². The van der Waals surface area contributed by atoms with Gasteiger partial charge in [0.1, 0.15) is 5.82 Å². The Bertz CT molecular complexity index is 611. The zero-order valence-corrected chi connectivity index (χ0v) is 11.0. The molecule has 2 aromatic rings. The van der Waals surface area contributed by atoms with Crippen molar-refractivity contribution in [3.8, 4) is 11.8 Å². The number of rotatable bonds is 3. The van der Waals surface area contributed by atoms with Crippen molar-refractivity contribution in [1.82, 2.24) is 5.32 Å². The van der Waals surface area contributed by atoms with Crippen LogP contribution in [0.25, 0.3) is 0 Å². The van der Waals surface area contributed by atoms with Crippen LogP contribution in [0.5, 0.6) is 0 Å². The third kappa shape index (κ3) is 4.23. The highest BCUT2D eigenvalue weighted by atomic mass is 32.1. The van der Waals surface area contributed by atoms with Crippen LogP contribution in [-0.2, 0) is 11.2 Å². The van der Waals surface area contributed by atoms with Gasteiger partial charge < -0.3 is 5.32 Å². The maximum absolute atomic E-state index is 13.2. The molecule has 2 rings (SSSR count). The lowest BCUT2D eigenvalue weighted by Gasteiger charge is -1.98. The van der Waals surface area contributed by atoms with E-state index in [0.29, 0.717) is 12.0 Å². The Hall–Kier alpha value is -2.12. The summed E-state index contributed by atoms with van der Waals surface area (Å²) in [6.45, 7) is 0.221. The van der Waals surface area contributed by atoms with Gasteiger partial charge in [0, 0.05) is 4.88 Å². The summed E-state index contributed by atoms with van der Waals surface area (Å²) in [5.41, 5.74) is 0.343. The number of halogens is 1. The first-order valence-corrected chi connectivity index (χ1v) is 6.66. The molecule has 0 saturated carbocycles. The molecule has 0 fully saturated rings. The fraction of sp³-hybridized carbons (Fsp3) is 0.133. The number of hydrogen-bond donors (Lipinski definition) is 1. The zero-order valence-electron chi connectivity index (χ0n) is 10.2. The molecule has 0 spiro atoms. The summed E-state index contributed by atoms with van der Waals surface area (Å²) in [6.07, 6.45) is 0.360. The van der Waals surface area contributed by atoms with Crippen LogP contribution >= 0.6 is 11.3 Å². The summed E-state index contributed by atoms with van der Waals surface area (Å²) in [4.78, 5) is 12.6. The number of thiophene rings is 1. The molecule has 1 aromatic heterocycles. The molecule has 4 heteroatoms. The monoisotopic (exact) mass is 273 g/mol. The van der Waals surface area contributed by atoms with E-state index in [2.05, 4.69) is 17.2 Å². The van der Waals surface area contributed by atoms with E-state index in [4.69, 9.17) is 0 Å². The molecule has 0 radical (unpaired) electrons. The first-order chi connectivity index (χ1) is 9.25. The van der Waals surface area contributed by atoms with Crippen molar-refractivity contribution in [3.05, 3.63) is 58.0 Å². The first kappa shape index (κ1) is 13.3. The number of carbonyl (C=O) groups excluding carboxylic acids is 1. The number of nitrogens with one attached hydrogen (secondary N) is 1. The molecular formula is C15H12FNOS. The van der Waals surface area contributed by atoms with Crippen molar-refractivity contribution < 1.29 is 9.18 Å². The van der Waals surface area contributed by atoms with Gasteiger partial charge in [-0.15, -0.1) is 11.3 Å². The average molecular weight is 273 g/mol. The number of benzene rings is 1. The SMILES string of the molecule is O=C(Cc1cccs1)NCC#Cc1ccccc1F. The standard InChI is InChI=1S/C15H12FNOS/c16-14-8-2-1-5-12(14)6-3-9-17-15(18)11-13-7-4-10-19-13/h1-2,4-5,7-8,10H,9,11H2,(H,17,18). The third-order valence-corrected chi connectivity index (χ3v) is 3.26. The predicted octanol–water partition coefficient (Wildman–Crippen LogP) is 2.60. The zero-order chi connectivity index (χ0) is 13.5. The summed E-state index contributed by atoms with van der Waals surface area (Å²) >= 11 is 1.54. The highest BCUT2D eigenvalue weighted by molar-refractivity contribution is 7.10. The molecule has 0 aliphatic carbocycles. The van der Waals surface area contributed by atoms with E-state index in [1.165, 1.54) is 6.07 Å². The fourth-order valence-electron chi connectivity index (χ4n) is 1.48. The largest absolute Gasteiger partial charge is 0.345 e. The lowest BCUT2D eigenvalue weighted by molar-refractivity contribution is -0.120. The lowest BCUT2D eigenvalue weighted by Crippen LogP contribution is -2.24. The van der Waals surface area contributed by atoms with Crippen LogP contribution < -0.4 is 5.32 Å². The smallest absolute Gasteiger partial charge is 0.226 e. The van der Waals surface area contributed by atoms with Gasteiger partial charge in [-0.1, -0.05) is 30.0 Å². The van der Waals surface area contributed by atoms with Crippen molar-refractivity contribution in [3.63, 3.8) is 0 Å². The molecule has 1 heterocycles. The highest BCUT2D eigenvalue weighted by Gasteiger charge is 2.02. The molecule has 1 aromatic carbocycles. The van der Waals surface area contributed by atoms with Gasteiger partial charge in [0.25, 0.3) is 0 Å². The molecule has 0 atom stereocenters. The topological polar surface area (TPSA) is 29.1 Å². The van der Waals surface area contributed by atoms with Crippen molar-refractivity contribution in [2.24, 2.45) is 0 Å². The van der Waals surface area contributed by atoms with E-state index in [-0.39, 0.29) is 18.3 Å². The van der Waals surface area contributed by atoms with Gasteiger partial charge in [-0.25, -0.2) is 4.39 Å². The Balaban J connectivity index is 1.81. The number of hydrogen-bond acceptors (Lipinski definition) is 2. The summed E-state index contributed by atoms with van der Waals surface area (Å²) < 4.78 is 13.2. The predicted molar refractivity (Wildman–Crippen MR) is 74.3 cm³/mol. The maximum Gasteiger partial charge on any atom is 0.226 e. The van der Waals surface area contributed by atoms with Gasteiger partial charge in [0.05, 0.1) is 18.5 Å². The van der Waals surface area contributed by atoms with Gasteiger partial charge in [-0.2, -0.15) is 0 Å². The van der Waals surface area contributed by atoms with Gasteiger partial charge in [-0.3, -0.25) is 4.79 Å². The van der Waals surface area contributed by atoms with E-state index >= 15 is 0 Å². The Morgan fingerprint density at radius 1 is 1.26 bits per heavy atom. The van der Waals surface area contributed by atoms with Crippen molar-refractivity contribution >= 4 is 17.2 Å². The van der Waals surface area contributed by atoms with Crippen LogP contribution in [0.15, 0.2) is 41.8 Å². The fourth-order valence-corrected chi connectivity index (χ4v) is 2.18. The summed E-state index contributed by atoms with van der Waals surface area (Å²) in [5, 5.41) is 4.61. The molecule has 2 nitrogen and oxygen atoms in total. The van der Waals surface area contributed by atoms with Crippen LogP contribution in [0.3, 0.4) is 0 Å². The van der Waals surface area contributed by atoms with Crippen molar-refractivity contribution in [2.75, 3.05) is 6.54 Å². The highest BCUT2D eigenvalue weighted by Crippen LogP contribution is 2.08. The quantitative estimate of drug-likeness (QED) is 0.856. The van der Waals surface area contributed by atoms with Crippen LogP contribution in [0.1, 0.15) is 10.4 Å². The van der Waals surface area contributed by atoms with Crippen LogP contribution in [0.2, 0.25) is 0 Å². The molecule has 1 amide bonds. The molecule has 0 aliphatic heterocycles. The summed E-state index contributed by atoms with van der Waals surface area (Å²) in [7, 11) is 0. The van der Waals surface area contributed by atoms with Crippen molar-refractivity contribution in [2.45, 2.75) is 6.42 Å². The van der Waals surface area contributed by atoms with E-state index in [0.717, 1.165) is 4.88 Å². The Morgan fingerprint density at radius 3 is 2.84 bits per heavy atom. The van der Waals surface area contributed by atoms with Crippen LogP contribution in [0.4, 0.5) is 4.39 Å². The molecule has 0 unspecified atom stereocenters. The number of carbonyl (C=O) groups is 1. The molecule has 96 valence electrons. The van der Waals surface area contributed by atoms with Gasteiger partial charge >= 0.3 is 0 Å². The van der Waals surface area contributed by atoms with Crippen LogP contribution in [0, 0.1) is 17.7 Å². The third-order valence-electron chi connectivity index (χ3n) is 2.39. The van der Waals surface area contributed by atoms with Gasteiger partial charge in [-0.05, 0) is 23.6 Å². The minimum Gasteiger partial charge on any atom is -0.345 e. The van der Waals surface area contributed by atoms with Crippen LogP contribution in [-0.4, -0.2) is 12.5 Å². The normalized spacial score (nSPS) is 9.53. The lowest BCUT2D eigenvalue weighted by atomic mass is 10.2. The van der Waals surface area contributed by atoms with E-state index in [1.807, 2.05) is 17.5 Å². The summed E-state index contributed by atoms with van der Waals surface area (Å²) in [6, 6.07) is 10.1. The molecule has 19 heavy (non-hydrogen) atoms. The second kappa shape index (κ2) is 6.72. The van der Waals surface area contributed by atoms with Crippen molar-refractivity contribution in [1.29, 1.82) is 0 Å². The minimum absolute atomic E-state index is 0.0784. The molecular weight excluding hydrogens is 261 g/mol. The minimum atomic E-state index is -0.347. The molecule has 0 saturated heterocycles. The van der Waals surface area contributed by atoms with E-state index in [1.54, 1.807) is 29.5 Å². The molecule has 0 aliphatic rings. The van der Waals surface area contributed by atoms with E-state index < -0.39 is 0 Å². The average Bonchev–Trinajstić information content (AvgIpc) is 2.89. The number of amides is 1. The second-order valence-electron chi connectivity index (χ2n) is 3.81. The maximum atomic E-state index is 13.2. The first-order valence-electron chi connectivity index (χ1n) is 5.78. The Labute approximate surface area is 115 Å². The van der Waals surface area contributed by atoms with E-state index in [9.17, 15) is 9.18 Å². The molecule has 1 N–H and O–H groups in total. The van der Waals surface area contributed by atoms with Gasteiger partial charge in [0.2, 0.25) is 5.91 Å².